The standard InChI is InChI=1S/C33H39BrN12O5/c1-19(34)28(47)39-20-12-25(44(3)15-20)30(49)41-22-14-27(46(5)17-22)32(51)42-23-13-26(45(4)18-23)31(50)40-21-11-24(43(2)16-21)29(48)35-7-6-8-36-33-37-9-10-38-33/h11-18H,1,6-10H2,2-5H3,(H,35,48)(H,39,47)(H,40,50)(H,41,49)(H,42,51)(H2,36,37,38). The number of hydrogen-bond acceptors (Lipinski definition) is 8. The number of hydrogen-bond donors (Lipinski definition) is 7. The van der Waals surface area contributed by atoms with Crippen LogP contribution in [0, 0.1) is 0 Å². The van der Waals surface area contributed by atoms with Crippen LogP contribution in [-0.4, -0.2) is 79.9 Å². The van der Waals surface area contributed by atoms with E-state index in [0.717, 1.165) is 19.0 Å². The van der Waals surface area contributed by atoms with E-state index in [9.17, 15) is 24.0 Å². The molecule has 0 spiro atoms. The molecule has 51 heavy (non-hydrogen) atoms. The minimum Gasteiger partial charge on any atom is -0.356 e. The Kier molecular flexibility index (Phi) is 11.1. The Morgan fingerprint density at radius 2 is 1.10 bits per heavy atom. The fourth-order valence-electron chi connectivity index (χ4n) is 5.32. The number of aryl methyl sites for hydroxylation is 4. The van der Waals surface area contributed by atoms with Gasteiger partial charge >= 0.3 is 0 Å². The van der Waals surface area contributed by atoms with Crippen molar-refractivity contribution < 1.29 is 24.0 Å². The van der Waals surface area contributed by atoms with Gasteiger partial charge in [0.15, 0.2) is 5.96 Å². The van der Waals surface area contributed by atoms with Gasteiger partial charge in [0.25, 0.3) is 29.5 Å². The minimum absolute atomic E-state index is 0.148. The van der Waals surface area contributed by atoms with Gasteiger partial charge in [-0.3, -0.25) is 29.0 Å². The number of carbonyl (C=O) groups is 5. The zero-order valence-corrected chi connectivity index (χ0v) is 30.1. The fraction of sp³-hybridized carbons (Fsp3) is 0.273. The van der Waals surface area contributed by atoms with Gasteiger partial charge in [0.05, 0.1) is 33.8 Å². The summed E-state index contributed by atoms with van der Waals surface area (Å²) in [5.74, 6) is -1.28. The highest BCUT2D eigenvalue weighted by molar-refractivity contribution is 9.12. The van der Waals surface area contributed by atoms with Crippen LogP contribution in [0.2, 0.25) is 0 Å². The van der Waals surface area contributed by atoms with Gasteiger partial charge in [0, 0.05) is 72.6 Å². The molecule has 0 unspecified atom stereocenters. The molecule has 0 fully saturated rings. The Hall–Kier alpha value is -6.04. The summed E-state index contributed by atoms with van der Waals surface area (Å²) in [4.78, 5) is 68.3. The summed E-state index contributed by atoms with van der Waals surface area (Å²) in [6.07, 6.45) is 7.13. The smallest absolute Gasteiger partial charge is 0.272 e. The normalized spacial score (nSPS) is 12.1. The molecule has 1 aliphatic rings. The van der Waals surface area contributed by atoms with Gasteiger partial charge < -0.3 is 55.5 Å². The monoisotopic (exact) mass is 762 g/mol. The van der Waals surface area contributed by atoms with E-state index in [1.807, 2.05) is 0 Å². The van der Waals surface area contributed by atoms with Crippen molar-refractivity contribution >= 4 is 74.2 Å². The quantitative estimate of drug-likeness (QED) is 0.0800. The lowest BCUT2D eigenvalue weighted by atomic mass is 10.3. The summed E-state index contributed by atoms with van der Waals surface area (Å²) in [6, 6.07) is 6.17. The average Bonchev–Trinajstić information content (AvgIpc) is 3.90. The molecule has 4 aromatic rings. The van der Waals surface area contributed by atoms with Gasteiger partial charge in [-0.05, 0) is 46.6 Å². The Bertz CT molecular complexity index is 2050. The van der Waals surface area contributed by atoms with E-state index in [0.29, 0.717) is 48.0 Å². The van der Waals surface area contributed by atoms with Gasteiger partial charge in [-0.2, -0.15) is 0 Å². The number of carbonyl (C=O) groups excluding carboxylic acids is 5. The number of aromatic nitrogens is 4. The Morgan fingerprint density at radius 3 is 1.49 bits per heavy atom. The van der Waals surface area contributed by atoms with Crippen LogP contribution in [0.5, 0.6) is 0 Å². The van der Waals surface area contributed by atoms with Crippen molar-refractivity contribution in [1.82, 2.24) is 34.2 Å². The lowest BCUT2D eigenvalue weighted by Crippen LogP contribution is -2.36. The number of guanidine groups is 1. The van der Waals surface area contributed by atoms with Crippen molar-refractivity contribution in [3.8, 4) is 0 Å². The molecule has 4 aromatic heterocycles. The molecular weight excluding hydrogens is 724 g/mol. The van der Waals surface area contributed by atoms with Gasteiger partial charge in [-0.25, -0.2) is 0 Å². The SMILES string of the molecule is C=C(Br)C(=O)Nc1cc(C(=O)Nc2cc(C(=O)Nc3cc(C(=O)Nc4cc(C(=O)NCCCNC5=NCCN5)n(C)c4)n(C)c3)n(C)c2)n(C)c1. The first kappa shape index (κ1) is 36.2. The van der Waals surface area contributed by atoms with Crippen LogP contribution in [0.3, 0.4) is 0 Å². The predicted octanol–water partition coefficient (Wildman–Crippen LogP) is 2.31. The molecule has 0 saturated carbocycles. The Labute approximate surface area is 301 Å². The maximum Gasteiger partial charge on any atom is 0.272 e. The highest BCUT2D eigenvalue weighted by atomic mass is 79.9. The van der Waals surface area contributed by atoms with E-state index in [4.69, 9.17) is 0 Å². The number of anilines is 4. The van der Waals surface area contributed by atoms with Crippen LogP contribution < -0.4 is 37.2 Å². The molecule has 1 aliphatic heterocycles. The molecule has 5 amide bonds. The largest absolute Gasteiger partial charge is 0.356 e. The Morgan fingerprint density at radius 1 is 0.686 bits per heavy atom. The van der Waals surface area contributed by atoms with Crippen LogP contribution in [0.1, 0.15) is 48.4 Å². The number of amides is 5. The zero-order valence-electron chi connectivity index (χ0n) is 28.5. The van der Waals surface area contributed by atoms with Crippen molar-refractivity contribution in [3.63, 3.8) is 0 Å². The lowest BCUT2D eigenvalue weighted by molar-refractivity contribution is -0.112. The number of rotatable bonds is 13. The molecule has 0 bridgehead atoms. The molecule has 5 heterocycles. The van der Waals surface area contributed by atoms with E-state index in [1.165, 1.54) is 18.2 Å². The third-order valence-electron chi connectivity index (χ3n) is 7.83. The van der Waals surface area contributed by atoms with Crippen molar-refractivity contribution in [2.45, 2.75) is 6.42 Å². The molecule has 18 heteroatoms. The lowest BCUT2D eigenvalue weighted by Gasteiger charge is -2.08. The van der Waals surface area contributed by atoms with E-state index in [-0.39, 0.29) is 27.5 Å². The number of halogens is 1. The van der Waals surface area contributed by atoms with Crippen LogP contribution >= 0.6 is 15.9 Å². The maximum atomic E-state index is 13.2. The third-order valence-corrected chi connectivity index (χ3v) is 8.19. The highest BCUT2D eigenvalue weighted by Gasteiger charge is 2.20. The second-order valence-electron chi connectivity index (χ2n) is 11.8. The van der Waals surface area contributed by atoms with Crippen LogP contribution in [0.4, 0.5) is 22.7 Å². The average molecular weight is 764 g/mol. The molecule has 5 rings (SSSR count). The summed E-state index contributed by atoms with van der Waals surface area (Å²) >= 11 is 3.02. The van der Waals surface area contributed by atoms with Crippen molar-refractivity contribution in [1.29, 1.82) is 0 Å². The topological polar surface area (TPSA) is 202 Å². The van der Waals surface area contributed by atoms with Crippen molar-refractivity contribution in [2.24, 2.45) is 33.2 Å². The molecule has 0 saturated heterocycles. The van der Waals surface area contributed by atoms with E-state index >= 15 is 0 Å². The Balaban J connectivity index is 1.14. The third kappa shape index (κ3) is 8.96. The number of aliphatic imine (C=N–C) groups is 1. The number of nitrogens with one attached hydrogen (secondary N) is 7. The fourth-order valence-corrected chi connectivity index (χ4v) is 5.42. The molecule has 0 atom stereocenters. The molecule has 0 aliphatic carbocycles. The second kappa shape index (κ2) is 15.7. The molecular formula is C33H39BrN12O5. The van der Waals surface area contributed by atoms with E-state index < -0.39 is 23.6 Å². The first-order valence-electron chi connectivity index (χ1n) is 15.8. The zero-order chi connectivity index (χ0) is 36.8. The molecule has 17 nitrogen and oxygen atoms in total. The minimum atomic E-state index is -0.465. The van der Waals surface area contributed by atoms with Crippen LogP contribution in [-0.2, 0) is 33.0 Å². The highest BCUT2D eigenvalue weighted by Crippen LogP contribution is 2.21. The summed E-state index contributed by atoms with van der Waals surface area (Å²) in [6.45, 7) is 6.24. The molecule has 268 valence electrons. The summed E-state index contributed by atoms with van der Waals surface area (Å²) in [5.41, 5.74) is 2.79. The van der Waals surface area contributed by atoms with Crippen LogP contribution in [0.25, 0.3) is 0 Å². The summed E-state index contributed by atoms with van der Waals surface area (Å²) < 4.78 is 6.47. The molecule has 0 radical (unpaired) electrons. The first-order valence-corrected chi connectivity index (χ1v) is 16.6. The predicted molar refractivity (Wildman–Crippen MR) is 197 cm³/mol. The van der Waals surface area contributed by atoms with Crippen LogP contribution in [0.15, 0.2) is 65.1 Å². The molecule has 7 N–H and O–H groups in total. The molecule has 0 aromatic carbocycles. The maximum absolute atomic E-state index is 13.2. The van der Waals surface area contributed by atoms with E-state index in [2.05, 4.69) is 64.7 Å². The van der Waals surface area contributed by atoms with Gasteiger partial charge in [-0.15, -0.1) is 0 Å². The van der Waals surface area contributed by atoms with Gasteiger partial charge in [0.2, 0.25) is 0 Å². The van der Waals surface area contributed by atoms with E-state index in [1.54, 1.807) is 77.3 Å². The summed E-state index contributed by atoms with van der Waals surface area (Å²) in [7, 11) is 6.71. The van der Waals surface area contributed by atoms with Gasteiger partial charge in [0.1, 0.15) is 22.8 Å². The first-order chi connectivity index (χ1) is 24.3. The summed E-state index contributed by atoms with van der Waals surface area (Å²) in [5, 5.41) is 20.2. The van der Waals surface area contributed by atoms with Crippen molar-refractivity contribution in [3.05, 3.63) is 82.9 Å². The second-order valence-corrected chi connectivity index (χ2v) is 12.8. The van der Waals surface area contributed by atoms with Gasteiger partial charge in [-0.1, -0.05) is 6.58 Å². The number of nitrogens with zero attached hydrogens (tertiary/aromatic N) is 5. The van der Waals surface area contributed by atoms with Crippen molar-refractivity contribution in [2.75, 3.05) is 47.4 Å².